The maximum absolute atomic E-state index is 13.0. The van der Waals surface area contributed by atoms with Crippen LogP contribution in [-0.2, 0) is 16.1 Å². The van der Waals surface area contributed by atoms with Gasteiger partial charge in [0.15, 0.2) is 0 Å². The fourth-order valence-corrected chi connectivity index (χ4v) is 3.09. The lowest BCUT2D eigenvalue weighted by molar-refractivity contribution is -0.117. The third kappa shape index (κ3) is 4.68. The van der Waals surface area contributed by atoms with E-state index in [0.717, 1.165) is 12.0 Å². The Morgan fingerprint density at radius 3 is 2.52 bits per heavy atom. The second kappa shape index (κ2) is 8.68. The zero-order valence-electron chi connectivity index (χ0n) is 16.8. The lowest BCUT2D eigenvalue weighted by atomic mass is 10.2. The molecule has 0 aliphatic rings. The van der Waals surface area contributed by atoms with Crippen molar-refractivity contribution >= 4 is 34.1 Å². The van der Waals surface area contributed by atoms with Crippen molar-refractivity contribution in [3.8, 4) is 0 Å². The molecule has 1 heterocycles. The van der Waals surface area contributed by atoms with Gasteiger partial charge in [0, 0.05) is 17.8 Å². The van der Waals surface area contributed by atoms with Gasteiger partial charge >= 0.3 is 0 Å². The Kier molecular flexibility index (Phi) is 6.07. The molecule has 0 spiro atoms. The molecule has 0 saturated heterocycles. The van der Waals surface area contributed by atoms with Crippen molar-refractivity contribution in [1.82, 2.24) is 9.55 Å². The lowest BCUT2D eigenvalue weighted by Gasteiger charge is -2.13. The van der Waals surface area contributed by atoms with Gasteiger partial charge in [0.05, 0.1) is 10.9 Å². The molecular formula is C22H24N4O3. The van der Waals surface area contributed by atoms with Crippen LogP contribution in [0.1, 0.15) is 31.2 Å². The number of rotatable bonds is 6. The number of nitrogens with one attached hydrogen (secondary N) is 2. The minimum absolute atomic E-state index is 0.107. The average Bonchev–Trinajstić information content (AvgIpc) is 2.68. The highest BCUT2D eigenvalue weighted by atomic mass is 16.2. The molecule has 0 aliphatic carbocycles. The normalized spacial score (nSPS) is 10.7. The van der Waals surface area contributed by atoms with Crippen LogP contribution in [-0.4, -0.2) is 21.4 Å². The number of anilines is 2. The van der Waals surface area contributed by atoms with Crippen molar-refractivity contribution in [1.29, 1.82) is 0 Å². The second-order valence-corrected chi connectivity index (χ2v) is 6.94. The molecule has 0 unspecified atom stereocenters. The molecule has 1 aromatic heterocycles. The van der Waals surface area contributed by atoms with Crippen LogP contribution in [0.4, 0.5) is 11.4 Å². The predicted molar refractivity (Wildman–Crippen MR) is 114 cm³/mol. The van der Waals surface area contributed by atoms with Crippen LogP contribution in [0.3, 0.4) is 0 Å². The summed E-state index contributed by atoms with van der Waals surface area (Å²) in [7, 11) is 0. The molecule has 7 heteroatoms. The van der Waals surface area contributed by atoms with Gasteiger partial charge in [0.2, 0.25) is 11.8 Å². The number of carbonyl (C=O) groups excluding carboxylic acids is 2. The van der Waals surface area contributed by atoms with Gasteiger partial charge in [-0.05, 0) is 50.1 Å². The predicted octanol–water partition coefficient (Wildman–Crippen LogP) is 3.39. The number of carbonyl (C=O) groups is 2. The number of hydrogen-bond donors (Lipinski definition) is 2. The van der Waals surface area contributed by atoms with E-state index in [9.17, 15) is 14.4 Å². The summed E-state index contributed by atoms with van der Waals surface area (Å²) in [6.07, 6.45) is 1.15. The molecule has 2 aromatic carbocycles. The summed E-state index contributed by atoms with van der Waals surface area (Å²) in [5.41, 5.74) is 2.39. The molecule has 3 aromatic rings. The number of fused-ring (bicyclic) bond motifs is 1. The first-order chi connectivity index (χ1) is 13.9. The van der Waals surface area contributed by atoms with Crippen LogP contribution in [0.25, 0.3) is 10.9 Å². The Balaban J connectivity index is 1.89. The quantitative estimate of drug-likeness (QED) is 0.672. The van der Waals surface area contributed by atoms with Crippen LogP contribution in [0.5, 0.6) is 0 Å². The van der Waals surface area contributed by atoms with Gasteiger partial charge in [-0.2, -0.15) is 0 Å². The monoisotopic (exact) mass is 392 g/mol. The van der Waals surface area contributed by atoms with Crippen molar-refractivity contribution in [2.75, 3.05) is 10.6 Å². The topological polar surface area (TPSA) is 93.1 Å². The highest BCUT2D eigenvalue weighted by Crippen LogP contribution is 2.16. The zero-order chi connectivity index (χ0) is 21.0. The van der Waals surface area contributed by atoms with E-state index >= 15 is 0 Å². The molecule has 0 fully saturated rings. The number of aryl methyl sites for hydroxylation is 2. The SMILES string of the molecule is CCCC(=O)Nc1ccc2nc(C)n(CC(=O)Nc3ccccc3C)c(=O)c2c1. The van der Waals surface area contributed by atoms with Crippen molar-refractivity contribution in [2.24, 2.45) is 0 Å². The molecule has 7 nitrogen and oxygen atoms in total. The smallest absolute Gasteiger partial charge is 0.261 e. The first kappa shape index (κ1) is 20.3. The minimum atomic E-state index is -0.320. The van der Waals surface area contributed by atoms with E-state index in [2.05, 4.69) is 15.6 Å². The van der Waals surface area contributed by atoms with E-state index in [0.29, 0.717) is 34.5 Å². The number of para-hydroxylation sites is 1. The molecule has 0 saturated carbocycles. The van der Waals surface area contributed by atoms with Gasteiger partial charge in [-0.1, -0.05) is 25.1 Å². The number of amides is 2. The van der Waals surface area contributed by atoms with Gasteiger partial charge in [0.25, 0.3) is 5.56 Å². The zero-order valence-corrected chi connectivity index (χ0v) is 16.8. The highest BCUT2D eigenvalue weighted by Gasteiger charge is 2.13. The molecular weight excluding hydrogens is 368 g/mol. The third-order valence-electron chi connectivity index (χ3n) is 4.63. The summed E-state index contributed by atoms with van der Waals surface area (Å²) in [4.78, 5) is 41.8. The largest absolute Gasteiger partial charge is 0.326 e. The Morgan fingerprint density at radius 1 is 1.03 bits per heavy atom. The third-order valence-corrected chi connectivity index (χ3v) is 4.63. The molecule has 0 atom stereocenters. The average molecular weight is 392 g/mol. The molecule has 2 N–H and O–H groups in total. The van der Waals surface area contributed by atoms with E-state index in [4.69, 9.17) is 0 Å². The summed E-state index contributed by atoms with van der Waals surface area (Å²) in [5, 5.41) is 5.97. The van der Waals surface area contributed by atoms with Crippen molar-refractivity contribution in [3.63, 3.8) is 0 Å². The number of nitrogens with zero attached hydrogens (tertiary/aromatic N) is 2. The standard InChI is InChI=1S/C22H24N4O3/c1-4-7-20(27)24-16-10-11-19-17(12-16)22(29)26(15(3)23-19)13-21(28)25-18-9-6-5-8-14(18)2/h5-6,8-12H,4,7,13H2,1-3H3,(H,24,27)(H,25,28). The van der Waals surface area contributed by atoms with E-state index in [1.54, 1.807) is 25.1 Å². The number of aromatic nitrogens is 2. The lowest BCUT2D eigenvalue weighted by Crippen LogP contribution is -2.30. The van der Waals surface area contributed by atoms with Crippen LogP contribution < -0.4 is 16.2 Å². The van der Waals surface area contributed by atoms with Gasteiger partial charge in [0.1, 0.15) is 12.4 Å². The van der Waals surface area contributed by atoms with Crippen LogP contribution in [0.2, 0.25) is 0 Å². The van der Waals surface area contributed by atoms with E-state index in [1.807, 2.05) is 38.1 Å². The fourth-order valence-electron chi connectivity index (χ4n) is 3.09. The van der Waals surface area contributed by atoms with Crippen LogP contribution in [0, 0.1) is 13.8 Å². The first-order valence-electron chi connectivity index (χ1n) is 9.55. The van der Waals surface area contributed by atoms with Gasteiger partial charge in [-0.25, -0.2) is 4.98 Å². The van der Waals surface area contributed by atoms with E-state index < -0.39 is 0 Å². The summed E-state index contributed by atoms with van der Waals surface area (Å²) in [6, 6.07) is 12.5. The van der Waals surface area contributed by atoms with Crippen molar-refractivity contribution in [3.05, 3.63) is 64.2 Å². The van der Waals surface area contributed by atoms with Crippen molar-refractivity contribution < 1.29 is 9.59 Å². The highest BCUT2D eigenvalue weighted by molar-refractivity contribution is 5.94. The van der Waals surface area contributed by atoms with Gasteiger partial charge < -0.3 is 10.6 Å². The Labute approximate surface area is 168 Å². The summed E-state index contributed by atoms with van der Waals surface area (Å²) in [6.45, 7) is 5.37. The Morgan fingerprint density at radius 2 is 1.79 bits per heavy atom. The molecule has 29 heavy (non-hydrogen) atoms. The van der Waals surface area contributed by atoms with E-state index in [1.165, 1.54) is 4.57 Å². The molecule has 3 rings (SSSR count). The fraction of sp³-hybridized carbons (Fsp3) is 0.273. The molecule has 150 valence electrons. The van der Waals surface area contributed by atoms with Crippen molar-refractivity contribution in [2.45, 2.75) is 40.2 Å². The number of benzene rings is 2. The maximum Gasteiger partial charge on any atom is 0.261 e. The summed E-state index contributed by atoms with van der Waals surface area (Å²) < 4.78 is 1.34. The second-order valence-electron chi connectivity index (χ2n) is 6.94. The molecule has 2 amide bonds. The summed E-state index contributed by atoms with van der Waals surface area (Å²) in [5.74, 6) is 0.0353. The minimum Gasteiger partial charge on any atom is -0.326 e. The maximum atomic E-state index is 13.0. The summed E-state index contributed by atoms with van der Waals surface area (Å²) >= 11 is 0. The molecule has 0 aliphatic heterocycles. The number of hydrogen-bond acceptors (Lipinski definition) is 4. The molecule has 0 radical (unpaired) electrons. The Hall–Kier alpha value is -3.48. The van der Waals surface area contributed by atoms with Gasteiger partial charge in [-0.3, -0.25) is 19.0 Å². The van der Waals surface area contributed by atoms with Crippen LogP contribution in [0.15, 0.2) is 47.3 Å². The van der Waals surface area contributed by atoms with E-state index in [-0.39, 0.29) is 23.9 Å². The molecule has 0 bridgehead atoms. The first-order valence-corrected chi connectivity index (χ1v) is 9.55. The van der Waals surface area contributed by atoms with Crippen LogP contribution >= 0.6 is 0 Å². The van der Waals surface area contributed by atoms with Gasteiger partial charge in [-0.15, -0.1) is 0 Å². The Bertz CT molecular complexity index is 1130.